The van der Waals surface area contributed by atoms with Crippen LogP contribution < -0.4 is 4.74 Å². The van der Waals surface area contributed by atoms with Gasteiger partial charge in [0.05, 0.1) is 7.11 Å². The first-order chi connectivity index (χ1) is 6.76. The highest BCUT2D eigenvalue weighted by molar-refractivity contribution is 9.09. The van der Waals surface area contributed by atoms with Crippen LogP contribution in [-0.4, -0.2) is 16.9 Å². The zero-order chi connectivity index (χ0) is 10.4. The van der Waals surface area contributed by atoms with Crippen molar-refractivity contribution >= 4 is 15.9 Å². The maximum atomic E-state index is 5.07. The van der Waals surface area contributed by atoms with Crippen molar-refractivity contribution in [3.8, 4) is 5.88 Å². The molecule has 0 fully saturated rings. The van der Waals surface area contributed by atoms with Crippen LogP contribution in [0.15, 0.2) is 18.2 Å². The zero-order valence-electron chi connectivity index (χ0n) is 8.66. The number of methoxy groups -OCH3 is 1. The van der Waals surface area contributed by atoms with Crippen LogP contribution in [0.4, 0.5) is 0 Å². The Balaban J connectivity index is 2.57. The average molecular weight is 258 g/mol. The number of pyridine rings is 1. The molecule has 0 bridgehead atoms. The lowest BCUT2D eigenvalue weighted by molar-refractivity contribution is 0.396. The first-order valence-corrected chi connectivity index (χ1v) is 5.81. The monoisotopic (exact) mass is 257 g/mol. The van der Waals surface area contributed by atoms with E-state index in [0.29, 0.717) is 10.7 Å². The molecule has 1 unspecified atom stereocenters. The quantitative estimate of drug-likeness (QED) is 0.756. The fourth-order valence-electron chi connectivity index (χ4n) is 1.33. The highest BCUT2D eigenvalue weighted by atomic mass is 79.9. The first kappa shape index (κ1) is 11.5. The van der Waals surface area contributed by atoms with Crippen molar-refractivity contribution in [1.82, 2.24) is 4.98 Å². The number of hydrogen-bond donors (Lipinski definition) is 0. The summed E-state index contributed by atoms with van der Waals surface area (Å²) in [5.74, 6) is 0.693. The molecular formula is C11H16BrNO. The minimum absolute atomic E-state index is 0.520. The molecule has 1 rings (SSSR count). The van der Waals surface area contributed by atoms with Crippen molar-refractivity contribution in [2.45, 2.75) is 31.0 Å². The molecule has 2 nitrogen and oxygen atoms in total. The van der Waals surface area contributed by atoms with Gasteiger partial charge in [-0.05, 0) is 12.5 Å². The number of nitrogens with zero attached hydrogens (tertiary/aromatic N) is 1. The second-order valence-electron chi connectivity index (χ2n) is 3.26. The molecule has 0 aliphatic rings. The molecule has 0 saturated heterocycles. The Labute approximate surface area is 93.8 Å². The molecule has 1 aromatic rings. The summed E-state index contributed by atoms with van der Waals surface area (Å²) in [7, 11) is 1.64. The molecule has 78 valence electrons. The summed E-state index contributed by atoms with van der Waals surface area (Å²) in [6.45, 7) is 2.19. The molecule has 0 radical (unpaired) electrons. The number of rotatable bonds is 5. The van der Waals surface area contributed by atoms with Crippen molar-refractivity contribution in [3.05, 3.63) is 23.9 Å². The Kier molecular flexibility index (Phi) is 4.94. The van der Waals surface area contributed by atoms with E-state index in [1.54, 1.807) is 7.11 Å². The van der Waals surface area contributed by atoms with Crippen LogP contribution in [0.3, 0.4) is 0 Å². The van der Waals surface area contributed by atoms with Gasteiger partial charge in [0, 0.05) is 23.0 Å². The van der Waals surface area contributed by atoms with E-state index in [4.69, 9.17) is 4.74 Å². The van der Waals surface area contributed by atoms with Gasteiger partial charge in [-0.15, -0.1) is 0 Å². The summed E-state index contributed by atoms with van der Waals surface area (Å²) >= 11 is 3.64. The Bertz CT molecular complexity index is 278. The van der Waals surface area contributed by atoms with Crippen molar-refractivity contribution in [2.75, 3.05) is 7.11 Å². The van der Waals surface area contributed by atoms with E-state index >= 15 is 0 Å². The molecule has 1 aromatic heterocycles. The van der Waals surface area contributed by atoms with E-state index < -0.39 is 0 Å². The second kappa shape index (κ2) is 6.02. The molecule has 0 aliphatic carbocycles. The molecule has 0 saturated carbocycles. The van der Waals surface area contributed by atoms with Gasteiger partial charge in [-0.25, -0.2) is 4.98 Å². The highest BCUT2D eigenvalue weighted by Crippen LogP contribution is 2.15. The van der Waals surface area contributed by atoms with Gasteiger partial charge in [0.1, 0.15) is 0 Å². The fraction of sp³-hybridized carbons (Fsp3) is 0.545. The summed E-state index contributed by atoms with van der Waals surface area (Å²) in [4.78, 5) is 4.88. The van der Waals surface area contributed by atoms with Gasteiger partial charge >= 0.3 is 0 Å². The maximum absolute atomic E-state index is 5.07. The van der Waals surface area contributed by atoms with Crippen LogP contribution in [0.25, 0.3) is 0 Å². The number of ether oxygens (including phenoxy) is 1. The van der Waals surface area contributed by atoms with Crippen LogP contribution in [-0.2, 0) is 6.42 Å². The van der Waals surface area contributed by atoms with Crippen molar-refractivity contribution < 1.29 is 4.74 Å². The third-order valence-electron chi connectivity index (χ3n) is 2.02. The van der Waals surface area contributed by atoms with Crippen LogP contribution in [0.2, 0.25) is 0 Å². The van der Waals surface area contributed by atoms with Crippen LogP contribution in [0, 0.1) is 0 Å². The van der Waals surface area contributed by atoms with Gasteiger partial charge in [-0.2, -0.15) is 0 Å². The van der Waals surface area contributed by atoms with Gasteiger partial charge in [0.15, 0.2) is 0 Å². The third kappa shape index (κ3) is 3.66. The van der Waals surface area contributed by atoms with E-state index in [9.17, 15) is 0 Å². The molecule has 1 atom stereocenters. The van der Waals surface area contributed by atoms with Crippen molar-refractivity contribution in [3.63, 3.8) is 0 Å². The summed E-state index contributed by atoms with van der Waals surface area (Å²) in [5, 5.41) is 0. The topological polar surface area (TPSA) is 22.1 Å². The maximum Gasteiger partial charge on any atom is 0.213 e. The molecule has 0 aliphatic heterocycles. The lowest BCUT2D eigenvalue weighted by Crippen LogP contribution is -2.04. The van der Waals surface area contributed by atoms with Gasteiger partial charge in [-0.1, -0.05) is 35.3 Å². The molecular weight excluding hydrogens is 242 g/mol. The standard InChI is InChI=1S/C11H16BrNO/c1-3-5-9(12)8-10-6-4-7-11(13-10)14-2/h4,6-7,9H,3,5,8H2,1-2H3. The number of alkyl halides is 1. The smallest absolute Gasteiger partial charge is 0.213 e. The molecule has 14 heavy (non-hydrogen) atoms. The van der Waals surface area contributed by atoms with Gasteiger partial charge in [-0.3, -0.25) is 0 Å². The zero-order valence-corrected chi connectivity index (χ0v) is 10.3. The summed E-state index contributed by atoms with van der Waals surface area (Å²) in [6, 6.07) is 5.88. The Hall–Kier alpha value is -0.570. The number of aromatic nitrogens is 1. The average Bonchev–Trinajstić information content (AvgIpc) is 2.18. The molecule has 0 aromatic carbocycles. The summed E-state index contributed by atoms with van der Waals surface area (Å²) in [6.07, 6.45) is 3.34. The van der Waals surface area contributed by atoms with E-state index in [2.05, 4.69) is 27.8 Å². The third-order valence-corrected chi connectivity index (χ3v) is 2.80. The Morgan fingerprint density at radius 2 is 2.29 bits per heavy atom. The Morgan fingerprint density at radius 1 is 1.50 bits per heavy atom. The lowest BCUT2D eigenvalue weighted by atomic mass is 10.1. The predicted molar refractivity (Wildman–Crippen MR) is 62.1 cm³/mol. The van der Waals surface area contributed by atoms with Crippen LogP contribution in [0.5, 0.6) is 5.88 Å². The largest absolute Gasteiger partial charge is 0.481 e. The molecule has 0 N–H and O–H groups in total. The number of hydrogen-bond acceptors (Lipinski definition) is 2. The van der Waals surface area contributed by atoms with Crippen molar-refractivity contribution in [1.29, 1.82) is 0 Å². The first-order valence-electron chi connectivity index (χ1n) is 4.90. The minimum atomic E-state index is 0.520. The lowest BCUT2D eigenvalue weighted by Gasteiger charge is -2.08. The van der Waals surface area contributed by atoms with E-state index in [1.807, 2.05) is 18.2 Å². The fourth-order valence-corrected chi connectivity index (χ4v) is 2.12. The molecule has 3 heteroatoms. The minimum Gasteiger partial charge on any atom is -0.481 e. The molecule has 0 spiro atoms. The van der Waals surface area contributed by atoms with Gasteiger partial charge in [0.25, 0.3) is 0 Å². The van der Waals surface area contributed by atoms with E-state index in [0.717, 1.165) is 12.1 Å². The van der Waals surface area contributed by atoms with E-state index in [1.165, 1.54) is 12.8 Å². The van der Waals surface area contributed by atoms with Gasteiger partial charge < -0.3 is 4.74 Å². The molecule has 1 heterocycles. The van der Waals surface area contributed by atoms with Crippen LogP contribution >= 0.6 is 15.9 Å². The predicted octanol–water partition coefficient (Wildman–Crippen LogP) is 3.20. The highest BCUT2D eigenvalue weighted by Gasteiger charge is 2.05. The van der Waals surface area contributed by atoms with Gasteiger partial charge in [0.2, 0.25) is 5.88 Å². The van der Waals surface area contributed by atoms with Crippen molar-refractivity contribution in [2.24, 2.45) is 0 Å². The molecule has 0 amide bonds. The SMILES string of the molecule is CCCC(Br)Cc1cccc(OC)n1. The summed E-state index contributed by atoms with van der Waals surface area (Å²) in [5.41, 5.74) is 1.08. The normalized spacial score (nSPS) is 12.5. The van der Waals surface area contributed by atoms with E-state index in [-0.39, 0.29) is 0 Å². The van der Waals surface area contributed by atoms with Crippen LogP contribution in [0.1, 0.15) is 25.5 Å². The second-order valence-corrected chi connectivity index (χ2v) is 4.56. The summed E-state index contributed by atoms with van der Waals surface area (Å²) < 4.78 is 5.07. The Morgan fingerprint density at radius 3 is 2.93 bits per heavy atom. The number of halogens is 1.